The van der Waals surface area contributed by atoms with Crippen LogP contribution in [0.4, 0.5) is 0 Å². The molecule has 122 valence electrons. The molecule has 22 heavy (non-hydrogen) atoms. The summed E-state index contributed by atoms with van der Waals surface area (Å²) < 4.78 is 0. The first kappa shape index (κ1) is 20.5. The van der Waals surface area contributed by atoms with Gasteiger partial charge in [0.15, 0.2) is 0 Å². The number of terminal acetylenes is 1. The first-order valence-corrected chi connectivity index (χ1v) is 8.20. The van der Waals surface area contributed by atoms with Gasteiger partial charge in [-0.25, -0.2) is 0 Å². The Morgan fingerprint density at radius 1 is 0.773 bits per heavy atom. The van der Waals surface area contributed by atoms with E-state index >= 15 is 0 Å². The summed E-state index contributed by atoms with van der Waals surface area (Å²) in [4.78, 5) is 0. The summed E-state index contributed by atoms with van der Waals surface area (Å²) in [7, 11) is 0. The van der Waals surface area contributed by atoms with Crippen LogP contribution in [0.1, 0.15) is 66.2 Å². The molecule has 0 atom stereocenters. The van der Waals surface area contributed by atoms with Crippen LogP contribution in [0.25, 0.3) is 0 Å². The molecule has 0 radical (unpaired) electrons. The van der Waals surface area contributed by atoms with Gasteiger partial charge in [-0.05, 0) is 71.8 Å². The third-order valence-corrected chi connectivity index (χ3v) is 3.72. The summed E-state index contributed by atoms with van der Waals surface area (Å²) >= 11 is 0. The molecule has 1 N–H and O–H groups in total. The van der Waals surface area contributed by atoms with Crippen LogP contribution in [0.15, 0.2) is 46.6 Å². The molecular weight excluding hydrogens is 268 g/mol. The van der Waals surface area contributed by atoms with Crippen molar-refractivity contribution in [3.8, 4) is 12.3 Å². The SMILES string of the molecule is C#C/C(C)=C\CC/C(C)=C/CC/C(C)=C/CC/C(C)=C/CO. The molecule has 1 nitrogen and oxygen atoms in total. The predicted octanol–water partition coefficient (Wildman–Crippen LogP) is 5.74. The Labute approximate surface area is 137 Å². The first-order chi connectivity index (χ1) is 10.5. The number of rotatable bonds is 10. The third-order valence-electron chi connectivity index (χ3n) is 3.72. The summed E-state index contributed by atoms with van der Waals surface area (Å²) in [6.07, 6.45) is 20.4. The molecule has 0 unspecified atom stereocenters. The van der Waals surface area contributed by atoms with E-state index in [0.717, 1.165) is 44.1 Å². The average Bonchev–Trinajstić information content (AvgIpc) is 2.47. The van der Waals surface area contributed by atoms with Crippen molar-refractivity contribution >= 4 is 0 Å². The van der Waals surface area contributed by atoms with Gasteiger partial charge in [-0.15, -0.1) is 6.42 Å². The topological polar surface area (TPSA) is 20.2 Å². The predicted molar refractivity (Wildman–Crippen MR) is 98.6 cm³/mol. The third kappa shape index (κ3) is 12.2. The minimum Gasteiger partial charge on any atom is -0.392 e. The lowest BCUT2D eigenvalue weighted by Crippen LogP contribution is -1.83. The van der Waals surface area contributed by atoms with Gasteiger partial charge >= 0.3 is 0 Å². The molecule has 0 aliphatic rings. The van der Waals surface area contributed by atoms with Crippen molar-refractivity contribution in [1.82, 2.24) is 0 Å². The van der Waals surface area contributed by atoms with Crippen LogP contribution in [0.5, 0.6) is 0 Å². The van der Waals surface area contributed by atoms with Crippen LogP contribution >= 0.6 is 0 Å². The maximum atomic E-state index is 8.81. The van der Waals surface area contributed by atoms with Gasteiger partial charge in [-0.3, -0.25) is 0 Å². The molecule has 0 bridgehead atoms. The van der Waals surface area contributed by atoms with Gasteiger partial charge < -0.3 is 5.11 Å². The molecule has 0 aromatic carbocycles. The molecule has 0 rings (SSSR count). The Balaban J connectivity index is 3.99. The fraction of sp³-hybridized carbons (Fsp3) is 0.524. The van der Waals surface area contributed by atoms with E-state index in [1.54, 1.807) is 0 Å². The molecule has 0 saturated heterocycles. The molecule has 0 spiro atoms. The molecule has 0 aliphatic heterocycles. The van der Waals surface area contributed by atoms with Crippen molar-refractivity contribution in [1.29, 1.82) is 0 Å². The Morgan fingerprint density at radius 3 is 1.59 bits per heavy atom. The van der Waals surface area contributed by atoms with Crippen LogP contribution in [0, 0.1) is 12.3 Å². The minimum absolute atomic E-state index is 0.147. The maximum Gasteiger partial charge on any atom is 0.0614 e. The molecule has 0 aromatic heterocycles. The van der Waals surface area contributed by atoms with Crippen LogP contribution < -0.4 is 0 Å². The summed E-state index contributed by atoms with van der Waals surface area (Å²) in [6, 6.07) is 0. The van der Waals surface area contributed by atoms with Gasteiger partial charge in [0.1, 0.15) is 0 Å². The highest BCUT2D eigenvalue weighted by Gasteiger charge is 1.93. The van der Waals surface area contributed by atoms with E-state index < -0.39 is 0 Å². The second kappa shape index (κ2) is 13.2. The molecular formula is C21H32O. The normalized spacial score (nSPS) is 14.2. The molecule has 0 fully saturated rings. The van der Waals surface area contributed by atoms with Crippen LogP contribution in [-0.4, -0.2) is 11.7 Å². The van der Waals surface area contributed by atoms with Crippen molar-refractivity contribution in [2.24, 2.45) is 0 Å². The maximum absolute atomic E-state index is 8.81. The second-order valence-corrected chi connectivity index (χ2v) is 5.98. The number of hydrogen-bond donors (Lipinski definition) is 1. The lowest BCUT2D eigenvalue weighted by atomic mass is 10.0. The van der Waals surface area contributed by atoms with Gasteiger partial charge in [0.2, 0.25) is 0 Å². The molecule has 0 aromatic rings. The van der Waals surface area contributed by atoms with E-state index in [0.29, 0.717) is 0 Å². The van der Waals surface area contributed by atoms with Gasteiger partial charge in [0.25, 0.3) is 0 Å². The van der Waals surface area contributed by atoms with Gasteiger partial charge in [-0.2, -0.15) is 0 Å². The fourth-order valence-electron chi connectivity index (χ4n) is 2.13. The average molecular weight is 300 g/mol. The van der Waals surface area contributed by atoms with E-state index in [9.17, 15) is 0 Å². The van der Waals surface area contributed by atoms with E-state index in [1.807, 2.05) is 13.0 Å². The Bertz CT molecular complexity index is 467. The van der Waals surface area contributed by atoms with E-state index in [-0.39, 0.29) is 6.61 Å². The fourth-order valence-corrected chi connectivity index (χ4v) is 2.13. The molecule has 0 amide bonds. The number of hydrogen-bond acceptors (Lipinski definition) is 1. The molecule has 0 heterocycles. The van der Waals surface area contributed by atoms with Crippen molar-refractivity contribution in [2.75, 3.05) is 6.61 Å². The van der Waals surface area contributed by atoms with Gasteiger partial charge in [0, 0.05) is 0 Å². The van der Waals surface area contributed by atoms with Crippen LogP contribution in [-0.2, 0) is 0 Å². The summed E-state index contributed by atoms with van der Waals surface area (Å²) in [6.45, 7) is 8.59. The van der Waals surface area contributed by atoms with Crippen LogP contribution in [0.2, 0.25) is 0 Å². The van der Waals surface area contributed by atoms with Crippen molar-refractivity contribution in [2.45, 2.75) is 66.2 Å². The van der Waals surface area contributed by atoms with Crippen molar-refractivity contribution < 1.29 is 5.11 Å². The summed E-state index contributed by atoms with van der Waals surface area (Å²) in [5.74, 6) is 2.65. The van der Waals surface area contributed by atoms with Gasteiger partial charge in [0.05, 0.1) is 6.61 Å². The zero-order valence-corrected chi connectivity index (χ0v) is 14.8. The number of aliphatic hydroxyl groups is 1. The molecule has 0 saturated carbocycles. The van der Waals surface area contributed by atoms with E-state index in [1.165, 1.54) is 16.7 Å². The highest BCUT2D eigenvalue weighted by atomic mass is 16.2. The Morgan fingerprint density at radius 2 is 1.18 bits per heavy atom. The van der Waals surface area contributed by atoms with Crippen molar-refractivity contribution in [3.63, 3.8) is 0 Å². The lowest BCUT2D eigenvalue weighted by Gasteiger charge is -2.02. The minimum atomic E-state index is 0.147. The number of aliphatic hydroxyl groups excluding tert-OH is 1. The highest BCUT2D eigenvalue weighted by Crippen LogP contribution is 2.13. The van der Waals surface area contributed by atoms with E-state index in [4.69, 9.17) is 11.5 Å². The standard InChI is InChI=1S/C21H32O/c1-6-18(2)10-7-11-19(3)12-8-13-20(4)14-9-15-21(5)16-17-22/h1,10,12,14,16,22H,7-9,11,13,15,17H2,2-5H3/b18-10-,19-12+,20-14+,21-16+. The van der Waals surface area contributed by atoms with Gasteiger partial charge in [-0.1, -0.05) is 46.9 Å². The summed E-state index contributed by atoms with van der Waals surface area (Å²) in [5, 5.41) is 8.81. The molecule has 1 heteroatoms. The van der Waals surface area contributed by atoms with Crippen LogP contribution in [0.3, 0.4) is 0 Å². The monoisotopic (exact) mass is 300 g/mol. The Kier molecular flexibility index (Phi) is 12.3. The number of allylic oxidation sites excluding steroid dienone is 7. The van der Waals surface area contributed by atoms with E-state index in [2.05, 4.69) is 44.9 Å². The first-order valence-electron chi connectivity index (χ1n) is 8.20. The second-order valence-electron chi connectivity index (χ2n) is 5.98. The highest BCUT2D eigenvalue weighted by molar-refractivity contribution is 5.22. The smallest absolute Gasteiger partial charge is 0.0614 e. The lowest BCUT2D eigenvalue weighted by molar-refractivity contribution is 0.341. The zero-order chi connectivity index (χ0) is 16.8. The quantitative estimate of drug-likeness (QED) is 0.403. The largest absolute Gasteiger partial charge is 0.392 e. The van der Waals surface area contributed by atoms with Crippen molar-refractivity contribution in [3.05, 3.63) is 46.6 Å². The Hall–Kier alpha value is -1.52. The molecule has 0 aliphatic carbocycles. The summed E-state index contributed by atoms with van der Waals surface area (Å²) in [5.41, 5.74) is 5.18. The zero-order valence-electron chi connectivity index (χ0n) is 14.8.